The molecule has 0 bridgehead atoms. The summed E-state index contributed by atoms with van der Waals surface area (Å²) in [7, 11) is 3.26. The van der Waals surface area contributed by atoms with E-state index < -0.39 is 6.04 Å². The highest BCUT2D eigenvalue weighted by Crippen LogP contribution is 2.47. The predicted molar refractivity (Wildman–Crippen MR) is 137 cm³/mol. The second kappa shape index (κ2) is 9.07. The summed E-state index contributed by atoms with van der Waals surface area (Å²) in [5.41, 5.74) is 4.84. The lowest BCUT2D eigenvalue weighted by molar-refractivity contribution is -0.118. The molecule has 35 heavy (non-hydrogen) atoms. The highest BCUT2D eigenvalue weighted by Gasteiger charge is 2.42. The van der Waals surface area contributed by atoms with Gasteiger partial charge < -0.3 is 14.8 Å². The van der Waals surface area contributed by atoms with E-state index in [2.05, 4.69) is 50.4 Å². The molecule has 0 saturated heterocycles. The highest BCUT2D eigenvalue weighted by atomic mass is 32.2. The number of hydrogen-bond donors (Lipinski definition) is 1. The number of rotatable bonds is 6. The van der Waals surface area contributed by atoms with Crippen molar-refractivity contribution in [1.29, 1.82) is 0 Å². The van der Waals surface area contributed by atoms with Gasteiger partial charge in [-0.3, -0.25) is 4.79 Å². The lowest BCUT2D eigenvalue weighted by Gasteiger charge is -2.38. The van der Waals surface area contributed by atoms with E-state index in [1.807, 2.05) is 22.9 Å². The fraction of sp³-hybridized carbons (Fsp3) is 0.370. The van der Waals surface area contributed by atoms with E-state index in [-0.39, 0.29) is 11.2 Å². The van der Waals surface area contributed by atoms with E-state index in [0.29, 0.717) is 29.0 Å². The molecule has 182 valence electrons. The summed E-state index contributed by atoms with van der Waals surface area (Å²) in [4.78, 5) is 18.3. The maximum Gasteiger partial charge on any atom is 0.227 e. The van der Waals surface area contributed by atoms with Gasteiger partial charge in [-0.25, -0.2) is 4.68 Å². The zero-order chi connectivity index (χ0) is 24.7. The van der Waals surface area contributed by atoms with Gasteiger partial charge in [-0.05, 0) is 36.5 Å². The average molecular weight is 491 g/mol. The van der Waals surface area contributed by atoms with Crippen molar-refractivity contribution in [3.05, 3.63) is 70.4 Å². The van der Waals surface area contributed by atoms with Crippen molar-refractivity contribution >= 4 is 23.5 Å². The van der Waals surface area contributed by atoms with Crippen molar-refractivity contribution in [2.24, 2.45) is 5.41 Å². The number of ketones is 1. The van der Waals surface area contributed by atoms with Crippen molar-refractivity contribution in [2.75, 3.05) is 19.5 Å². The summed E-state index contributed by atoms with van der Waals surface area (Å²) in [6.07, 6.45) is 1.25. The number of anilines is 1. The van der Waals surface area contributed by atoms with Crippen LogP contribution in [0.3, 0.4) is 0 Å². The van der Waals surface area contributed by atoms with Crippen molar-refractivity contribution in [3.8, 4) is 11.5 Å². The molecule has 1 N–H and O–H groups in total. The fourth-order valence-electron chi connectivity index (χ4n) is 4.93. The van der Waals surface area contributed by atoms with Crippen LogP contribution in [-0.4, -0.2) is 34.8 Å². The average Bonchev–Trinajstić information content (AvgIpc) is 3.23. The van der Waals surface area contributed by atoms with E-state index in [0.717, 1.165) is 29.0 Å². The largest absolute Gasteiger partial charge is 0.497 e. The standard InChI is InChI=1S/C27H30N4O3S/c1-16-7-6-8-17(11-16)15-35-26-29-25-28-20-13-27(2,3)14-21(32)23(20)24(31(25)30-26)19-10-9-18(33-4)12-22(19)34-5/h6-12,24H,13-15H2,1-5H3,(H,28,29,30). The molecule has 0 saturated carbocycles. The van der Waals surface area contributed by atoms with Crippen LogP contribution >= 0.6 is 11.8 Å². The van der Waals surface area contributed by atoms with Crippen LogP contribution in [0.1, 0.15) is 49.4 Å². The van der Waals surface area contributed by atoms with Gasteiger partial charge in [0.25, 0.3) is 0 Å². The minimum Gasteiger partial charge on any atom is -0.497 e. The van der Waals surface area contributed by atoms with Gasteiger partial charge in [0.15, 0.2) is 5.78 Å². The zero-order valence-electron chi connectivity index (χ0n) is 20.7. The molecule has 1 atom stereocenters. The first kappa shape index (κ1) is 23.5. The van der Waals surface area contributed by atoms with Gasteiger partial charge in [0, 0.05) is 35.1 Å². The van der Waals surface area contributed by atoms with Crippen molar-refractivity contribution < 1.29 is 14.3 Å². The number of hydrogen-bond acceptors (Lipinski definition) is 7. The third-order valence-electron chi connectivity index (χ3n) is 6.50. The molecule has 3 aromatic rings. The third kappa shape index (κ3) is 4.55. The van der Waals surface area contributed by atoms with E-state index in [4.69, 9.17) is 19.6 Å². The summed E-state index contributed by atoms with van der Waals surface area (Å²) in [6, 6.07) is 13.7. The van der Waals surface area contributed by atoms with Crippen LogP contribution in [0.2, 0.25) is 0 Å². The topological polar surface area (TPSA) is 78.3 Å². The number of nitrogens with zero attached hydrogens (tertiary/aromatic N) is 3. The summed E-state index contributed by atoms with van der Waals surface area (Å²) in [6.45, 7) is 6.34. The Morgan fingerprint density at radius 2 is 1.97 bits per heavy atom. The van der Waals surface area contributed by atoms with Crippen LogP contribution in [0.25, 0.3) is 0 Å². The normalized spacial score (nSPS) is 18.5. The summed E-state index contributed by atoms with van der Waals surface area (Å²) in [5, 5.41) is 8.97. The number of aryl methyl sites for hydroxylation is 1. The van der Waals surface area contributed by atoms with Gasteiger partial charge in [-0.2, -0.15) is 4.98 Å². The van der Waals surface area contributed by atoms with E-state index in [1.54, 1.807) is 26.0 Å². The Kier molecular flexibility index (Phi) is 6.09. The molecule has 0 spiro atoms. The maximum atomic E-state index is 13.5. The SMILES string of the molecule is COc1ccc(C2C3=C(CC(C)(C)CC3=O)Nc3nc(SCc4cccc(C)c4)nn32)c(OC)c1. The van der Waals surface area contributed by atoms with Gasteiger partial charge in [0.05, 0.1) is 14.2 Å². The summed E-state index contributed by atoms with van der Waals surface area (Å²) >= 11 is 1.59. The fourth-order valence-corrected chi connectivity index (χ4v) is 5.70. The van der Waals surface area contributed by atoms with Gasteiger partial charge in [-0.1, -0.05) is 55.4 Å². The van der Waals surface area contributed by atoms with E-state index >= 15 is 0 Å². The Hall–Kier alpha value is -3.26. The second-order valence-electron chi connectivity index (χ2n) is 9.91. The van der Waals surface area contributed by atoms with Gasteiger partial charge in [0.2, 0.25) is 11.1 Å². The molecular weight excluding hydrogens is 460 g/mol. The van der Waals surface area contributed by atoms with Crippen LogP contribution in [-0.2, 0) is 10.5 Å². The molecule has 2 aromatic carbocycles. The maximum absolute atomic E-state index is 13.5. The first-order valence-electron chi connectivity index (χ1n) is 11.7. The number of aromatic nitrogens is 3. The highest BCUT2D eigenvalue weighted by molar-refractivity contribution is 7.98. The molecule has 8 heteroatoms. The number of Topliss-reactive ketones (excluding diaryl/α,β-unsaturated/α-hetero) is 1. The van der Waals surface area contributed by atoms with Crippen molar-refractivity contribution in [2.45, 2.75) is 50.6 Å². The Morgan fingerprint density at radius 1 is 1.14 bits per heavy atom. The molecule has 1 aliphatic carbocycles. The monoisotopic (exact) mass is 490 g/mol. The molecule has 0 amide bonds. The Labute approximate surface area is 209 Å². The predicted octanol–water partition coefficient (Wildman–Crippen LogP) is 5.55. The molecule has 1 unspecified atom stereocenters. The first-order valence-corrected chi connectivity index (χ1v) is 12.7. The van der Waals surface area contributed by atoms with Crippen molar-refractivity contribution in [3.63, 3.8) is 0 Å². The number of carbonyl (C=O) groups excluding carboxylic acids is 1. The number of fused-ring (bicyclic) bond motifs is 1. The molecule has 1 aromatic heterocycles. The minimum absolute atomic E-state index is 0.123. The van der Waals surface area contributed by atoms with Gasteiger partial charge >= 0.3 is 0 Å². The second-order valence-corrected chi connectivity index (χ2v) is 10.9. The van der Waals surface area contributed by atoms with Crippen LogP contribution in [0.5, 0.6) is 11.5 Å². The van der Waals surface area contributed by atoms with E-state index in [1.165, 1.54) is 11.1 Å². The Morgan fingerprint density at radius 3 is 2.71 bits per heavy atom. The molecule has 5 rings (SSSR count). The summed E-state index contributed by atoms with van der Waals surface area (Å²) in [5.74, 6) is 2.88. The van der Waals surface area contributed by atoms with Gasteiger partial charge in [-0.15, -0.1) is 5.10 Å². The van der Waals surface area contributed by atoms with Crippen LogP contribution < -0.4 is 14.8 Å². The molecule has 1 aliphatic heterocycles. The lowest BCUT2D eigenvalue weighted by atomic mass is 9.73. The summed E-state index contributed by atoms with van der Waals surface area (Å²) < 4.78 is 13.0. The Balaban J connectivity index is 1.57. The minimum atomic E-state index is -0.425. The zero-order valence-corrected chi connectivity index (χ0v) is 21.5. The van der Waals surface area contributed by atoms with Crippen LogP contribution in [0, 0.1) is 12.3 Å². The molecule has 2 heterocycles. The number of nitrogens with one attached hydrogen (secondary N) is 1. The number of ether oxygens (including phenoxy) is 2. The van der Waals surface area contributed by atoms with Crippen LogP contribution in [0.15, 0.2) is 58.9 Å². The first-order chi connectivity index (χ1) is 16.8. The number of thioether (sulfide) groups is 1. The molecule has 7 nitrogen and oxygen atoms in total. The number of allylic oxidation sites excluding steroid dienone is 2. The number of methoxy groups -OCH3 is 2. The van der Waals surface area contributed by atoms with Gasteiger partial charge in [0.1, 0.15) is 17.5 Å². The smallest absolute Gasteiger partial charge is 0.227 e. The quantitative estimate of drug-likeness (QED) is 0.454. The lowest BCUT2D eigenvalue weighted by Crippen LogP contribution is -2.36. The van der Waals surface area contributed by atoms with E-state index in [9.17, 15) is 4.79 Å². The van der Waals surface area contributed by atoms with Crippen LogP contribution in [0.4, 0.5) is 5.95 Å². The van der Waals surface area contributed by atoms with Crippen molar-refractivity contribution in [1.82, 2.24) is 14.8 Å². The third-order valence-corrected chi connectivity index (χ3v) is 7.41. The molecular formula is C27H30N4O3S. The number of carbonyl (C=O) groups is 1. The molecule has 0 radical (unpaired) electrons. The molecule has 0 fully saturated rings. The molecule has 2 aliphatic rings. The number of benzene rings is 2. The Bertz CT molecular complexity index is 1330.